The van der Waals surface area contributed by atoms with Crippen LogP contribution in [0, 0.1) is 0 Å². The summed E-state index contributed by atoms with van der Waals surface area (Å²) in [6, 6.07) is 19.2. The van der Waals surface area contributed by atoms with E-state index in [1.807, 2.05) is 30.3 Å². The highest BCUT2D eigenvalue weighted by Crippen LogP contribution is 2.25. The molecule has 2 aromatic carbocycles. The highest BCUT2D eigenvalue weighted by atomic mass is 35.5. The molecule has 0 saturated heterocycles. The Kier molecular flexibility index (Phi) is 5.13. The molecule has 2 amide bonds. The number of benzene rings is 2. The number of nitrogens with zero attached hydrogens (tertiary/aromatic N) is 2. The summed E-state index contributed by atoms with van der Waals surface area (Å²) in [5, 5.41) is 10.1. The average Bonchev–Trinajstić information content (AvgIpc) is 3.41. The zero-order chi connectivity index (χ0) is 20.2. The second-order valence-corrected chi connectivity index (χ2v) is 6.43. The van der Waals surface area contributed by atoms with Gasteiger partial charge >= 0.3 is 0 Å². The molecular formula is C21H15ClN4O3. The Hall–Kier alpha value is -3.84. The molecule has 4 rings (SSSR count). The predicted molar refractivity (Wildman–Crippen MR) is 110 cm³/mol. The van der Waals surface area contributed by atoms with Crippen LogP contribution in [-0.4, -0.2) is 21.6 Å². The molecule has 0 atom stereocenters. The van der Waals surface area contributed by atoms with E-state index in [1.165, 1.54) is 23.2 Å². The molecular weight excluding hydrogens is 392 g/mol. The van der Waals surface area contributed by atoms with E-state index in [4.69, 9.17) is 16.0 Å². The molecule has 0 aliphatic carbocycles. The highest BCUT2D eigenvalue weighted by molar-refractivity contribution is 6.34. The van der Waals surface area contributed by atoms with Gasteiger partial charge in [0.05, 0.1) is 28.9 Å². The highest BCUT2D eigenvalue weighted by Gasteiger charge is 2.22. The molecule has 8 heteroatoms. The number of nitrogens with one attached hydrogen (secondary N) is 2. The van der Waals surface area contributed by atoms with Crippen molar-refractivity contribution in [3.63, 3.8) is 0 Å². The van der Waals surface area contributed by atoms with Crippen LogP contribution >= 0.6 is 11.6 Å². The summed E-state index contributed by atoms with van der Waals surface area (Å²) in [6.45, 7) is 0. The van der Waals surface area contributed by atoms with Gasteiger partial charge in [-0.05, 0) is 36.4 Å². The Morgan fingerprint density at radius 3 is 2.38 bits per heavy atom. The van der Waals surface area contributed by atoms with E-state index in [0.29, 0.717) is 16.4 Å². The number of hydrogen-bond acceptors (Lipinski definition) is 4. The molecule has 0 aliphatic heterocycles. The second kappa shape index (κ2) is 8.04. The molecule has 0 saturated carbocycles. The molecule has 0 bridgehead atoms. The minimum atomic E-state index is -0.500. The van der Waals surface area contributed by atoms with Crippen molar-refractivity contribution in [2.24, 2.45) is 0 Å². The molecule has 0 aliphatic rings. The molecule has 2 N–H and O–H groups in total. The van der Waals surface area contributed by atoms with Crippen LogP contribution in [0.3, 0.4) is 0 Å². The van der Waals surface area contributed by atoms with Gasteiger partial charge in [-0.1, -0.05) is 41.9 Å². The molecule has 0 spiro atoms. The van der Waals surface area contributed by atoms with Crippen LogP contribution in [0.4, 0.5) is 11.5 Å². The first kappa shape index (κ1) is 18.5. The van der Waals surface area contributed by atoms with Crippen molar-refractivity contribution in [3.05, 3.63) is 95.5 Å². The van der Waals surface area contributed by atoms with Crippen LogP contribution < -0.4 is 10.6 Å². The number of para-hydroxylation sites is 2. The number of hydrogen-bond donors (Lipinski definition) is 2. The summed E-state index contributed by atoms with van der Waals surface area (Å²) in [4.78, 5) is 25.4. The van der Waals surface area contributed by atoms with E-state index in [9.17, 15) is 9.59 Å². The van der Waals surface area contributed by atoms with Crippen LogP contribution in [-0.2, 0) is 0 Å². The lowest BCUT2D eigenvalue weighted by molar-refractivity contribution is 0.0996. The topological polar surface area (TPSA) is 89.2 Å². The maximum atomic E-state index is 12.9. The van der Waals surface area contributed by atoms with Gasteiger partial charge in [0.2, 0.25) is 0 Å². The van der Waals surface area contributed by atoms with Gasteiger partial charge in [0.1, 0.15) is 11.4 Å². The summed E-state index contributed by atoms with van der Waals surface area (Å²) < 4.78 is 6.62. The van der Waals surface area contributed by atoms with E-state index in [-0.39, 0.29) is 17.1 Å². The van der Waals surface area contributed by atoms with Crippen molar-refractivity contribution in [2.75, 3.05) is 10.6 Å². The Morgan fingerprint density at radius 1 is 0.897 bits per heavy atom. The van der Waals surface area contributed by atoms with E-state index in [2.05, 4.69) is 15.7 Å². The fourth-order valence-corrected chi connectivity index (χ4v) is 2.91. The van der Waals surface area contributed by atoms with Gasteiger partial charge in [-0.25, -0.2) is 4.68 Å². The third kappa shape index (κ3) is 3.90. The van der Waals surface area contributed by atoms with Gasteiger partial charge in [0.25, 0.3) is 11.8 Å². The number of aromatic nitrogens is 2. The first-order chi connectivity index (χ1) is 14.1. The summed E-state index contributed by atoms with van der Waals surface area (Å²) in [5.41, 5.74) is 1.31. The Bertz CT molecular complexity index is 1150. The lowest BCUT2D eigenvalue weighted by Crippen LogP contribution is -2.19. The summed E-state index contributed by atoms with van der Waals surface area (Å²) >= 11 is 6.13. The van der Waals surface area contributed by atoms with Crippen molar-refractivity contribution >= 4 is 34.9 Å². The van der Waals surface area contributed by atoms with E-state index >= 15 is 0 Å². The van der Waals surface area contributed by atoms with Gasteiger partial charge < -0.3 is 15.1 Å². The maximum absolute atomic E-state index is 12.9. The lowest BCUT2D eigenvalue weighted by Gasteiger charge is -2.11. The number of carbonyl (C=O) groups is 2. The van der Waals surface area contributed by atoms with Gasteiger partial charge in [-0.15, -0.1) is 0 Å². The van der Waals surface area contributed by atoms with Crippen LogP contribution in [0.2, 0.25) is 5.02 Å². The largest absolute Gasteiger partial charge is 0.459 e. The zero-order valence-electron chi connectivity index (χ0n) is 15.0. The molecule has 4 aromatic rings. The van der Waals surface area contributed by atoms with Gasteiger partial charge in [-0.3, -0.25) is 9.59 Å². The molecule has 29 heavy (non-hydrogen) atoms. The quantitative estimate of drug-likeness (QED) is 0.506. The van der Waals surface area contributed by atoms with Gasteiger partial charge in [-0.2, -0.15) is 5.10 Å². The fourth-order valence-electron chi connectivity index (χ4n) is 2.73. The van der Waals surface area contributed by atoms with Crippen molar-refractivity contribution in [3.8, 4) is 5.69 Å². The van der Waals surface area contributed by atoms with Crippen LogP contribution in [0.15, 0.2) is 83.6 Å². The molecule has 0 radical (unpaired) electrons. The summed E-state index contributed by atoms with van der Waals surface area (Å²) in [7, 11) is 0. The number of amides is 2. The van der Waals surface area contributed by atoms with Crippen molar-refractivity contribution in [1.82, 2.24) is 9.78 Å². The predicted octanol–water partition coefficient (Wildman–Crippen LogP) is 4.62. The van der Waals surface area contributed by atoms with Crippen LogP contribution in [0.1, 0.15) is 20.9 Å². The number of anilines is 2. The third-order valence-corrected chi connectivity index (χ3v) is 4.44. The SMILES string of the molecule is O=C(Nc1c(C(=O)Nc2ccccc2Cl)cnn1-c1ccccc1)c1ccco1. The maximum Gasteiger partial charge on any atom is 0.292 e. The minimum Gasteiger partial charge on any atom is -0.459 e. The molecule has 0 fully saturated rings. The molecule has 7 nitrogen and oxygen atoms in total. The minimum absolute atomic E-state index is 0.114. The fraction of sp³-hybridized carbons (Fsp3) is 0. The Morgan fingerprint density at radius 2 is 1.66 bits per heavy atom. The van der Waals surface area contributed by atoms with Crippen molar-refractivity contribution in [2.45, 2.75) is 0 Å². The molecule has 2 aromatic heterocycles. The Balaban J connectivity index is 1.71. The lowest BCUT2D eigenvalue weighted by atomic mass is 10.2. The number of rotatable bonds is 5. The second-order valence-electron chi connectivity index (χ2n) is 6.02. The number of halogens is 1. The normalized spacial score (nSPS) is 10.5. The molecule has 2 heterocycles. The smallest absolute Gasteiger partial charge is 0.292 e. The third-order valence-electron chi connectivity index (χ3n) is 4.11. The van der Waals surface area contributed by atoms with E-state index in [0.717, 1.165) is 0 Å². The van der Waals surface area contributed by atoms with E-state index in [1.54, 1.807) is 30.3 Å². The average molecular weight is 407 g/mol. The number of carbonyl (C=O) groups excluding carboxylic acids is 2. The summed E-state index contributed by atoms with van der Waals surface area (Å²) in [6.07, 6.45) is 2.78. The standard InChI is InChI=1S/C21H15ClN4O3/c22-16-9-4-5-10-17(16)24-20(27)15-13-23-26(14-7-2-1-3-8-14)19(15)25-21(28)18-11-6-12-29-18/h1-13H,(H,24,27)(H,25,28). The Labute approximate surface area is 170 Å². The van der Waals surface area contributed by atoms with E-state index < -0.39 is 11.8 Å². The van der Waals surface area contributed by atoms with Gasteiger partial charge in [0.15, 0.2) is 5.76 Å². The first-order valence-corrected chi connectivity index (χ1v) is 9.05. The molecule has 0 unspecified atom stereocenters. The zero-order valence-corrected chi connectivity index (χ0v) is 15.8. The molecule has 144 valence electrons. The summed E-state index contributed by atoms with van der Waals surface area (Å²) in [5.74, 6) is -0.639. The van der Waals surface area contributed by atoms with Crippen LogP contribution in [0.5, 0.6) is 0 Å². The van der Waals surface area contributed by atoms with Crippen molar-refractivity contribution in [1.29, 1.82) is 0 Å². The first-order valence-electron chi connectivity index (χ1n) is 8.67. The van der Waals surface area contributed by atoms with Crippen LogP contribution in [0.25, 0.3) is 5.69 Å². The van der Waals surface area contributed by atoms with Gasteiger partial charge in [0, 0.05) is 0 Å². The van der Waals surface area contributed by atoms with Crippen molar-refractivity contribution < 1.29 is 14.0 Å². The monoisotopic (exact) mass is 406 g/mol. The number of furan rings is 1.